The van der Waals surface area contributed by atoms with Crippen molar-refractivity contribution in [1.82, 2.24) is 14.6 Å². The highest BCUT2D eigenvalue weighted by atomic mass is 35.5. The minimum atomic E-state index is -4.04. The molecule has 0 aliphatic carbocycles. The van der Waals surface area contributed by atoms with E-state index >= 15 is 0 Å². The number of azide groups is 2. The van der Waals surface area contributed by atoms with E-state index in [4.69, 9.17) is 36.4 Å². The van der Waals surface area contributed by atoms with Gasteiger partial charge >= 0.3 is 13.4 Å². The van der Waals surface area contributed by atoms with E-state index in [1.807, 2.05) is 4.98 Å². The molecule has 1 aliphatic heterocycles. The van der Waals surface area contributed by atoms with Gasteiger partial charge in [-0.25, -0.2) is 14.4 Å². The van der Waals surface area contributed by atoms with Crippen molar-refractivity contribution in [3.8, 4) is 5.75 Å². The third kappa shape index (κ3) is 7.33. The number of aromatic amines is 1. The molecular weight excluding hydrogens is 524 g/mol. The Balaban J connectivity index is 1.75. The summed E-state index contributed by atoms with van der Waals surface area (Å²) >= 11 is 5.87. The zero-order chi connectivity index (χ0) is 26.1. The summed E-state index contributed by atoms with van der Waals surface area (Å²) in [5.41, 5.74) is 15.2. The van der Waals surface area contributed by atoms with Crippen molar-refractivity contribution in [3.63, 3.8) is 0 Å². The molecule has 1 aromatic heterocycles. The SMILES string of the molecule is [N-]=[N+]=NCCCNP(=O)(OC[C@H]1O[C@@H](n2cc(F)c(=O)[nH]c2=O)C[C@@H]1N=[N+]=[N-])Oc1ccc(Cl)cc1. The molecule has 4 atom stereocenters. The summed E-state index contributed by atoms with van der Waals surface area (Å²) in [5, 5.41) is 10.1. The van der Waals surface area contributed by atoms with E-state index in [9.17, 15) is 18.5 Å². The third-order valence-corrected chi connectivity index (χ3v) is 6.69. The van der Waals surface area contributed by atoms with Gasteiger partial charge in [-0.05, 0) is 41.7 Å². The molecule has 1 aromatic carbocycles. The highest BCUT2D eigenvalue weighted by molar-refractivity contribution is 7.52. The van der Waals surface area contributed by atoms with Gasteiger partial charge in [0.25, 0.3) is 5.56 Å². The highest BCUT2D eigenvalue weighted by Crippen LogP contribution is 2.45. The number of hydrogen-bond donors (Lipinski definition) is 2. The van der Waals surface area contributed by atoms with Crippen LogP contribution in [0, 0.1) is 5.82 Å². The van der Waals surface area contributed by atoms with E-state index in [1.165, 1.54) is 24.3 Å². The van der Waals surface area contributed by atoms with Crippen LogP contribution in [0.2, 0.25) is 5.02 Å². The summed E-state index contributed by atoms with van der Waals surface area (Å²) in [4.78, 5) is 30.6. The maximum atomic E-state index is 13.7. The molecule has 2 aromatic rings. The maximum absolute atomic E-state index is 13.7. The predicted octanol–water partition coefficient (Wildman–Crippen LogP) is 3.79. The van der Waals surface area contributed by atoms with E-state index in [0.29, 0.717) is 17.6 Å². The molecule has 0 spiro atoms. The Bertz CT molecular complexity index is 1330. The Labute approximate surface area is 207 Å². The van der Waals surface area contributed by atoms with Gasteiger partial charge in [0.1, 0.15) is 12.0 Å². The molecule has 1 fully saturated rings. The van der Waals surface area contributed by atoms with Gasteiger partial charge in [0, 0.05) is 34.4 Å². The maximum Gasteiger partial charge on any atom is 0.458 e. The van der Waals surface area contributed by atoms with Gasteiger partial charge in [0.2, 0.25) is 5.82 Å². The quantitative estimate of drug-likeness (QED) is 0.133. The van der Waals surface area contributed by atoms with Crippen molar-refractivity contribution < 1.29 is 22.7 Å². The summed E-state index contributed by atoms with van der Waals surface area (Å²) in [6.45, 7) is -0.167. The number of nitrogens with one attached hydrogen (secondary N) is 2. The van der Waals surface area contributed by atoms with Crippen LogP contribution in [0.4, 0.5) is 4.39 Å². The van der Waals surface area contributed by atoms with Crippen molar-refractivity contribution in [3.05, 3.63) is 83.0 Å². The minimum absolute atomic E-state index is 0.0502. The fourth-order valence-corrected chi connectivity index (χ4v) is 4.73. The summed E-state index contributed by atoms with van der Waals surface area (Å²) in [7, 11) is -4.04. The average Bonchev–Trinajstić information content (AvgIpc) is 3.24. The molecule has 2 heterocycles. The number of rotatable bonds is 12. The van der Waals surface area contributed by atoms with Gasteiger partial charge in [-0.15, -0.1) is 0 Å². The molecule has 1 unspecified atom stereocenters. The zero-order valence-corrected chi connectivity index (χ0v) is 20.1. The standard InChI is InChI=1S/C18H20ClFN9O6P/c19-11-2-4-12(5-3-11)35-36(32,24-7-1-6-23-27-21)33-10-15-14(26-28-22)8-16(34-15)29-9-13(20)17(30)25-18(29)31/h2-5,9,14-16H,1,6-8,10H2,(H,24,32)(H,25,30,31)/t14-,15+,16+,36?/m0/s1. The van der Waals surface area contributed by atoms with Crippen LogP contribution in [0.3, 0.4) is 0 Å². The lowest BCUT2D eigenvalue weighted by Crippen LogP contribution is -2.34. The summed E-state index contributed by atoms with van der Waals surface area (Å²) < 4.78 is 44.7. The molecule has 0 radical (unpaired) electrons. The van der Waals surface area contributed by atoms with Crippen molar-refractivity contribution in [2.24, 2.45) is 10.2 Å². The number of benzene rings is 1. The summed E-state index contributed by atoms with van der Waals surface area (Å²) in [6, 6.07) is 5.11. The number of H-pyrrole nitrogens is 1. The second-order valence-corrected chi connectivity index (χ2v) is 9.52. The molecule has 0 amide bonds. The van der Waals surface area contributed by atoms with E-state index in [1.54, 1.807) is 0 Å². The van der Waals surface area contributed by atoms with Gasteiger partial charge in [-0.2, -0.15) is 4.39 Å². The normalized spacial score (nSPS) is 20.7. The van der Waals surface area contributed by atoms with Gasteiger partial charge in [0.05, 0.1) is 24.9 Å². The Hall–Kier alpha value is -3.35. The fraction of sp³-hybridized carbons (Fsp3) is 0.444. The Morgan fingerprint density at radius 2 is 2.06 bits per heavy atom. The first-order valence-electron chi connectivity index (χ1n) is 10.4. The smallest absolute Gasteiger partial charge is 0.413 e. The molecule has 1 aliphatic rings. The molecule has 2 N–H and O–H groups in total. The van der Waals surface area contributed by atoms with Gasteiger partial charge in [-0.3, -0.25) is 18.9 Å². The van der Waals surface area contributed by atoms with Crippen LogP contribution in [-0.2, 0) is 13.8 Å². The van der Waals surface area contributed by atoms with E-state index < -0.39 is 49.8 Å². The topological polar surface area (TPSA) is 209 Å². The molecule has 36 heavy (non-hydrogen) atoms. The lowest BCUT2D eigenvalue weighted by atomic mass is 10.1. The van der Waals surface area contributed by atoms with E-state index in [-0.39, 0.29) is 25.3 Å². The molecule has 0 saturated carbocycles. The lowest BCUT2D eigenvalue weighted by molar-refractivity contribution is -0.0244. The number of hydrogen-bond acceptors (Lipinski definition) is 8. The van der Waals surface area contributed by atoms with Gasteiger partial charge in [0.15, 0.2) is 0 Å². The highest BCUT2D eigenvalue weighted by Gasteiger charge is 2.39. The lowest BCUT2D eigenvalue weighted by Gasteiger charge is -2.23. The first-order valence-corrected chi connectivity index (χ1v) is 12.3. The molecule has 1 saturated heterocycles. The Morgan fingerprint density at radius 1 is 1.31 bits per heavy atom. The van der Waals surface area contributed by atoms with E-state index in [2.05, 4.69) is 25.1 Å². The predicted molar refractivity (Wildman–Crippen MR) is 125 cm³/mol. The van der Waals surface area contributed by atoms with Crippen LogP contribution in [-0.4, -0.2) is 41.4 Å². The molecule has 0 bridgehead atoms. The summed E-state index contributed by atoms with van der Waals surface area (Å²) in [6.07, 6.45) is -1.14. The van der Waals surface area contributed by atoms with Crippen molar-refractivity contribution >= 4 is 19.3 Å². The summed E-state index contributed by atoms with van der Waals surface area (Å²) in [5.74, 6) is -1.03. The van der Waals surface area contributed by atoms with Crippen LogP contribution in [0.15, 0.2) is 50.3 Å². The van der Waals surface area contributed by atoms with Crippen LogP contribution in [0.1, 0.15) is 19.1 Å². The Morgan fingerprint density at radius 3 is 2.75 bits per heavy atom. The molecule has 18 heteroatoms. The molecule has 192 valence electrons. The third-order valence-electron chi connectivity index (χ3n) is 4.89. The van der Waals surface area contributed by atoms with Crippen LogP contribution in [0.25, 0.3) is 20.9 Å². The number of ether oxygens (including phenoxy) is 1. The first kappa shape index (κ1) is 27.2. The molecule has 3 rings (SSSR count). The van der Waals surface area contributed by atoms with E-state index in [0.717, 1.165) is 4.57 Å². The van der Waals surface area contributed by atoms with Crippen molar-refractivity contribution in [2.75, 3.05) is 19.7 Å². The van der Waals surface area contributed by atoms with Crippen LogP contribution >= 0.6 is 19.3 Å². The van der Waals surface area contributed by atoms with Crippen molar-refractivity contribution in [2.45, 2.75) is 31.2 Å². The average molecular weight is 544 g/mol. The zero-order valence-electron chi connectivity index (χ0n) is 18.4. The number of aromatic nitrogens is 2. The van der Waals surface area contributed by atoms with Crippen molar-refractivity contribution in [1.29, 1.82) is 0 Å². The Kier molecular flexibility index (Phi) is 9.51. The second-order valence-electron chi connectivity index (χ2n) is 7.34. The second kappa shape index (κ2) is 12.6. The molecule has 15 nitrogen and oxygen atoms in total. The fourth-order valence-electron chi connectivity index (χ4n) is 3.22. The van der Waals surface area contributed by atoms with Gasteiger partial charge in [-0.1, -0.05) is 21.8 Å². The van der Waals surface area contributed by atoms with Gasteiger partial charge < -0.3 is 9.26 Å². The monoisotopic (exact) mass is 543 g/mol. The number of halogens is 2. The van der Waals surface area contributed by atoms with Crippen LogP contribution < -0.4 is 20.9 Å². The number of nitrogens with zero attached hydrogens (tertiary/aromatic N) is 7. The minimum Gasteiger partial charge on any atom is -0.413 e. The first-order chi connectivity index (χ1) is 17.2. The van der Waals surface area contributed by atoms with Crippen LogP contribution in [0.5, 0.6) is 5.75 Å². The molecular formula is C18H20ClFN9O6P. The largest absolute Gasteiger partial charge is 0.458 e.